The van der Waals surface area contributed by atoms with Gasteiger partial charge >= 0.3 is 12.0 Å². The number of nitrogens with two attached hydrogens (primary N) is 1. The summed E-state index contributed by atoms with van der Waals surface area (Å²) in [5.41, 5.74) is 4.58. The molecule has 21 heavy (non-hydrogen) atoms. The molecule has 0 fully saturated rings. The molecule has 0 aromatic rings. The summed E-state index contributed by atoms with van der Waals surface area (Å²) in [6, 6.07) is -1.54. The molecule has 0 rings (SSSR count). The molecule has 2 atom stereocenters. The first-order valence-electron chi connectivity index (χ1n) is 6.99. The molecule has 0 bridgehead atoms. The first kappa shape index (κ1) is 19.2. The number of esters is 1. The molecule has 4 N–H and O–H groups in total. The van der Waals surface area contributed by atoms with E-state index in [9.17, 15) is 14.4 Å². The highest BCUT2D eigenvalue weighted by molar-refractivity contribution is 5.87. The minimum atomic E-state index is -0.775. The molecular weight excluding hydrogens is 274 g/mol. The second-order valence-electron chi connectivity index (χ2n) is 6.44. The van der Waals surface area contributed by atoms with Crippen molar-refractivity contribution in [2.24, 2.45) is 17.1 Å². The highest BCUT2D eigenvalue weighted by atomic mass is 16.5. The number of primary amides is 1. The Balaban J connectivity index is 4.57. The zero-order chi connectivity index (χ0) is 16.8. The van der Waals surface area contributed by atoms with Crippen LogP contribution in [0.25, 0.3) is 0 Å². The largest absolute Gasteiger partial charge is 0.463 e. The molecule has 0 aromatic carbocycles. The number of hydrogen-bond acceptors (Lipinski definition) is 4. The maximum Gasteiger partial charge on any atom is 0.312 e. The van der Waals surface area contributed by atoms with Crippen LogP contribution in [0.1, 0.15) is 41.5 Å². The van der Waals surface area contributed by atoms with Crippen LogP contribution in [0.15, 0.2) is 0 Å². The molecule has 0 aromatic heterocycles. The van der Waals surface area contributed by atoms with Crippen molar-refractivity contribution in [3.05, 3.63) is 0 Å². The topological polar surface area (TPSA) is 111 Å². The number of amides is 3. The normalized spacial score (nSPS) is 14.2. The van der Waals surface area contributed by atoms with Gasteiger partial charge in [0.1, 0.15) is 6.04 Å². The van der Waals surface area contributed by atoms with Crippen molar-refractivity contribution in [1.82, 2.24) is 10.6 Å². The summed E-state index contributed by atoms with van der Waals surface area (Å²) in [7, 11) is 0. The smallest absolute Gasteiger partial charge is 0.312 e. The number of nitrogens with one attached hydrogen (secondary N) is 2. The van der Waals surface area contributed by atoms with Crippen molar-refractivity contribution in [2.75, 3.05) is 6.54 Å². The summed E-state index contributed by atoms with van der Waals surface area (Å²) in [6.45, 7) is 10.7. The van der Waals surface area contributed by atoms with Gasteiger partial charge in [-0.25, -0.2) is 4.79 Å². The van der Waals surface area contributed by atoms with E-state index < -0.39 is 23.4 Å². The van der Waals surface area contributed by atoms with Crippen LogP contribution in [0, 0.1) is 11.3 Å². The standard InChI is InChI=1S/C14H27N3O4/c1-8(2)21-12(19)9(3)7-16-11(18)10(14(4,5)6)17-13(15)20/h8-10H,7H2,1-6H3,(H,16,18)(H3,15,17,20)/t9-,10+/m1/s1. The van der Waals surface area contributed by atoms with Gasteiger partial charge in [0.05, 0.1) is 12.0 Å². The van der Waals surface area contributed by atoms with Crippen molar-refractivity contribution >= 4 is 17.9 Å². The van der Waals surface area contributed by atoms with E-state index >= 15 is 0 Å². The fourth-order valence-corrected chi connectivity index (χ4v) is 1.61. The van der Waals surface area contributed by atoms with E-state index in [0.29, 0.717) is 0 Å². The van der Waals surface area contributed by atoms with Crippen LogP contribution in [-0.2, 0) is 14.3 Å². The molecule has 0 saturated carbocycles. The van der Waals surface area contributed by atoms with Crippen LogP contribution < -0.4 is 16.4 Å². The molecule has 0 heterocycles. The molecule has 0 aliphatic rings. The molecule has 3 amide bonds. The monoisotopic (exact) mass is 301 g/mol. The molecule has 7 heteroatoms. The Bertz CT molecular complexity index is 388. The number of ether oxygens (including phenoxy) is 1. The maximum atomic E-state index is 12.1. The third-order valence-corrected chi connectivity index (χ3v) is 2.75. The predicted octanol–water partition coefficient (Wildman–Crippen LogP) is 0.773. The number of urea groups is 1. The minimum absolute atomic E-state index is 0.136. The highest BCUT2D eigenvalue weighted by Crippen LogP contribution is 2.19. The minimum Gasteiger partial charge on any atom is -0.463 e. The van der Waals surface area contributed by atoms with Gasteiger partial charge in [0.2, 0.25) is 5.91 Å². The second kappa shape index (κ2) is 7.85. The van der Waals surface area contributed by atoms with Gasteiger partial charge in [-0.05, 0) is 19.3 Å². The molecule has 122 valence electrons. The Morgan fingerprint density at radius 2 is 1.67 bits per heavy atom. The lowest BCUT2D eigenvalue weighted by atomic mass is 9.86. The summed E-state index contributed by atoms with van der Waals surface area (Å²) in [6.07, 6.45) is -0.200. The first-order valence-corrected chi connectivity index (χ1v) is 6.99. The van der Waals surface area contributed by atoms with Crippen LogP contribution in [0.5, 0.6) is 0 Å². The van der Waals surface area contributed by atoms with Gasteiger partial charge < -0.3 is 21.1 Å². The average Bonchev–Trinajstić information content (AvgIpc) is 2.30. The molecule has 0 aliphatic carbocycles. The van der Waals surface area contributed by atoms with E-state index in [0.717, 1.165) is 0 Å². The second-order valence-corrected chi connectivity index (χ2v) is 6.44. The molecular formula is C14H27N3O4. The van der Waals surface area contributed by atoms with Crippen LogP contribution >= 0.6 is 0 Å². The zero-order valence-corrected chi connectivity index (χ0v) is 13.6. The first-order chi connectivity index (χ1) is 9.45. The van der Waals surface area contributed by atoms with Crippen molar-refractivity contribution < 1.29 is 19.1 Å². The summed E-state index contributed by atoms with van der Waals surface area (Å²) in [5.74, 6) is -1.23. The van der Waals surface area contributed by atoms with E-state index in [1.54, 1.807) is 20.8 Å². The van der Waals surface area contributed by atoms with Crippen LogP contribution in [-0.4, -0.2) is 36.6 Å². The maximum absolute atomic E-state index is 12.1. The van der Waals surface area contributed by atoms with Crippen LogP contribution in [0.4, 0.5) is 4.79 Å². The molecule has 0 unspecified atom stereocenters. The van der Waals surface area contributed by atoms with Gasteiger partial charge in [-0.15, -0.1) is 0 Å². The van der Waals surface area contributed by atoms with Crippen molar-refractivity contribution in [2.45, 2.75) is 53.7 Å². The molecule has 0 radical (unpaired) electrons. The lowest BCUT2D eigenvalue weighted by Crippen LogP contribution is -2.55. The molecule has 0 spiro atoms. The van der Waals surface area contributed by atoms with Crippen LogP contribution in [0.2, 0.25) is 0 Å². The Morgan fingerprint density at radius 3 is 2.05 bits per heavy atom. The lowest BCUT2D eigenvalue weighted by Gasteiger charge is -2.30. The fraction of sp³-hybridized carbons (Fsp3) is 0.786. The SMILES string of the molecule is CC(C)OC(=O)[C@H](C)CNC(=O)[C@H](NC(N)=O)C(C)(C)C. The van der Waals surface area contributed by atoms with Gasteiger partial charge in [-0.1, -0.05) is 27.7 Å². The average molecular weight is 301 g/mol. The van der Waals surface area contributed by atoms with E-state index in [1.165, 1.54) is 0 Å². The Kier molecular flexibility index (Phi) is 7.18. The third kappa shape index (κ3) is 7.53. The van der Waals surface area contributed by atoms with E-state index in [-0.39, 0.29) is 24.5 Å². The van der Waals surface area contributed by atoms with Gasteiger partial charge in [-0.2, -0.15) is 0 Å². The summed E-state index contributed by atoms with van der Waals surface area (Å²) in [4.78, 5) is 34.8. The molecule has 0 saturated heterocycles. The number of carbonyl (C=O) groups excluding carboxylic acids is 3. The fourth-order valence-electron chi connectivity index (χ4n) is 1.61. The van der Waals surface area contributed by atoms with Crippen molar-refractivity contribution in [3.8, 4) is 0 Å². The number of rotatable bonds is 6. The van der Waals surface area contributed by atoms with Gasteiger partial charge in [0, 0.05) is 6.54 Å². The summed E-state index contributed by atoms with van der Waals surface area (Å²) >= 11 is 0. The zero-order valence-electron chi connectivity index (χ0n) is 13.6. The highest BCUT2D eigenvalue weighted by Gasteiger charge is 2.32. The van der Waals surface area contributed by atoms with E-state index in [1.807, 2.05) is 20.8 Å². The molecule has 7 nitrogen and oxygen atoms in total. The molecule has 0 aliphatic heterocycles. The van der Waals surface area contributed by atoms with Gasteiger partial charge in [0.25, 0.3) is 0 Å². The number of hydrogen-bond donors (Lipinski definition) is 3. The Labute approximate surface area is 126 Å². The summed E-state index contributed by atoms with van der Waals surface area (Å²) in [5, 5.41) is 5.05. The predicted molar refractivity (Wildman–Crippen MR) is 79.4 cm³/mol. The van der Waals surface area contributed by atoms with Gasteiger partial charge in [-0.3, -0.25) is 9.59 Å². The Morgan fingerprint density at radius 1 is 1.14 bits per heavy atom. The van der Waals surface area contributed by atoms with E-state index in [2.05, 4.69) is 10.6 Å². The van der Waals surface area contributed by atoms with Crippen LogP contribution in [0.3, 0.4) is 0 Å². The van der Waals surface area contributed by atoms with Crippen molar-refractivity contribution in [1.29, 1.82) is 0 Å². The number of carbonyl (C=O) groups is 3. The van der Waals surface area contributed by atoms with E-state index in [4.69, 9.17) is 10.5 Å². The quantitative estimate of drug-likeness (QED) is 0.629. The summed E-state index contributed by atoms with van der Waals surface area (Å²) < 4.78 is 5.06. The third-order valence-electron chi connectivity index (χ3n) is 2.75. The lowest BCUT2D eigenvalue weighted by molar-refractivity contribution is -0.151. The Hall–Kier alpha value is -1.79. The van der Waals surface area contributed by atoms with Gasteiger partial charge in [0.15, 0.2) is 0 Å². The van der Waals surface area contributed by atoms with Crippen molar-refractivity contribution in [3.63, 3.8) is 0 Å².